The highest BCUT2D eigenvalue weighted by molar-refractivity contribution is 7.16. The minimum Gasteiger partial charge on any atom is -0.349 e. The fraction of sp³-hybridized carbons (Fsp3) is 0.643. The minimum absolute atomic E-state index is 0.00229. The standard InChI is InChI=1S/C14H23ClN2OS/c1-9(2)6-11(8-16)7-14(18)17-10(3)12-4-5-13(15)19-12/h4-5,9-11H,6-8,16H2,1-3H3,(H,17,18)/t10?,11-/m0/s1. The highest BCUT2D eigenvalue weighted by Gasteiger charge is 2.16. The first-order valence-electron chi connectivity index (χ1n) is 6.67. The average Bonchev–Trinajstić information content (AvgIpc) is 2.74. The van der Waals surface area contributed by atoms with Crippen molar-refractivity contribution < 1.29 is 4.79 Å². The van der Waals surface area contributed by atoms with E-state index in [-0.39, 0.29) is 17.9 Å². The van der Waals surface area contributed by atoms with E-state index in [9.17, 15) is 4.79 Å². The quantitative estimate of drug-likeness (QED) is 0.808. The van der Waals surface area contributed by atoms with Crippen LogP contribution in [0, 0.1) is 11.8 Å². The van der Waals surface area contributed by atoms with E-state index in [1.807, 2.05) is 19.1 Å². The summed E-state index contributed by atoms with van der Waals surface area (Å²) in [6, 6.07) is 3.81. The van der Waals surface area contributed by atoms with E-state index in [1.165, 1.54) is 11.3 Å². The number of carbonyl (C=O) groups is 1. The van der Waals surface area contributed by atoms with Crippen LogP contribution in [0.1, 0.15) is 44.5 Å². The molecular formula is C14H23ClN2OS. The molecule has 0 bridgehead atoms. The second-order valence-electron chi connectivity index (χ2n) is 5.37. The summed E-state index contributed by atoms with van der Waals surface area (Å²) < 4.78 is 0.746. The van der Waals surface area contributed by atoms with Gasteiger partial charge in [0.05, 0.1) is 10.4 Å². The normalized spacial score (nSPS) is 14.4. The third kappa shape index (κ3) is 5.93. The second kappa shape index (κ2) is 7.88. The van der Waals surface area contributed by atoms with Gasteiger partial charge in [-0.1, -0.05) is 25.4 Å². The Bertz CT molecular complexity index is 406. The van der Waals surface area contributed by atoms with Gasteiger partial charge in [0.25, 0.3) is 0 Å². The fourth-order valence-corrected chi connectivity index (χ4v) is 3.19. The van der Waals surface area contributed by atoms with Crippen LogP contribution in [0.25, 0.3) is 0 Å². The highest BCUT2D eigenvalue weighted by Crippen LogP contribution is 2.26. The molecule has 3 N–H and O–H groups in total. The van der Waals surface area contributed by atoms with Gasteiger partial charge in [0.2, 0.25) is 5.91 Å². The van der Waals surface area contributed by atoms with Crippen molar-refractivity contribution in [3.05, 3.63) is 21.3 Å². The zero-order valence-electron chi connectivity index (χ0n) is 11.8. The number of halogens is 1. The van der Waals surface area contributed by atoms with Gasteiger partial charge in [-0.05, 0) is 43.9 Å². The summed E-state index contributed by atoms with van der Waals surface area (Å²) in [5.74, 6) is 0.891. The van der Waals surface area contributed by atoms with Crippen molar-refractivity contribution >= 4 is 28.8 Å². The number of nitrogens with two attached hydrogens (primary N) is 1. The number of carbonyl (C=O) groups excluding carboxylic acids is 1. The van der Waals surface area contributed by atoms with Gasteiger partial charge in [-0.3, -0.25) is 4.79 Å². The molecule has 19 heavy (non-hydrogen) atoms. The molecule has 0 aliphatic rings. The summed E-state index contributed by atoms with van der Waals surface area (Å²) in [4.78, 5) is 13.1. The van der Waals surface area contributed by atoms with Crippen LogP contribution in [-0.2, 0) is 4.79 Å². The number of amides is 1. The molecule has 0 aliphatic heterocycles. The first-order chi connectivity index (χ1) is 8.92. The van der Waals surface area contributed by atoms with Crippen molar-refractivity contribution in [2.45, 2.75) is 39.7 Å². The lowest BCUT2D eigenvalue weighted by Crippen LogP contribution is -2.30. The summed E-state index contributed by atoms with van der Waals surface area (Å²) in [6.07, 6.45) is 1.49. The Morgan fingerprint density at radius 3 is 2.58 bits per heavy atom. The Balaban J connectivity index is 2.45. The van der Waals surface area contributed by atoms with Crippen molar-refractivity contribution in [1.82, 2.24) is 5.32 Å². The predicted molar refractivity (Wildman–Crippen MR) is 82.5 cm³/mol. The lowest BCUT2D eigenvalue weighted by Gasteiger charge is -2.18. The summed E-state index contributed by atoms with van der Waals surface area (Å²) >= 11 is 7.39. The van der Waals surface area contributed by atoms with E-state index in [1.54, 1.807) is 0 Å². The molecule has 1 aromatic heterocycles. The number of thiophene rings is 1. The molecule has 0 saturated heterocycles. The Hall–Kier alpha value is -0.580. The third-order valence-electron chi connectivity index (χ3n) is 3.01. The first-order valence-corrected chi connectivity index (χ1v) is 7.86. The van der Waals surface area contributed by atoms with Crippen molar-refractivity contribution in [1.29, 1.82) is 0 Å². The molecule has 108 valence electrons. The molecule has 1 unspecified atom stereocenters. The minimum atomic E-state index is 0.00229. The molecule has 2 atom stereocenters. The van der Waals surface area contributed by atoms with Gasteiger partial charge in [-0.2, -0.15) is 0 Å². The second-order valence-corrected chi connectivity index (χ2v) is 7.11. The summed E-state index contributed by atoms with van der Waals surface area (Å²) in [5.41, 5.74) is 5.72. The summed E-state index contributed by atoms with van der Waals surface area (Å²) in [5, 5.41) is 3.00. The van der Waals surface area contributed by atoms with Crippen molar-refractivity contribution in [3.63, 3.8) is 0 Å². The SMILES string of the molecule is CC(C)C[C@H](CN)CC(=O)NC(C)c1ccc(Cl)s1. The van der Waals surface area contributed by atoms with Crippen LogP contribution in [0.4, 0.5) is 0 Å². The molecule has 0 spiro atoms. The van der Waals surface area contributed by atoms with E-state index in [4.69, 9.17) is 17.3 Å². The summed E-state index contributed by atoms with van der Waals surface area (Å²) in [6.45, 7) is 6.83. The molecule has 1 aromatic rings. The largest absolute Gasteiger partial charge is 0.349 e. The molecule has 5 heteroatoms. The van der Waals surface area contributed by atoms with E-state index < -0.39 is 0 Å². The van der Waals surface area contributed by atoms with Gasteiger partial charge in [0.1, 0.15) is 0 Å². The average molecular weight is 303 g/mol. The molecule has 0 radical (unpaired) electrons. The first kappa shape index (κ1) is 16.5. The van der Waals surface area contributed by atoms with Gasteiger partial charge in [-0.25, -0.2) is 0 Å². The van der Waals surface area contributed by atoms with Gasteiger partial charge >= 0.3 is 0 Å². The highest BCUT2D eigenvalue weighted by atomic mass is 35.5. The molecule has 1 heterocycles. The van der Waals surface area contributed by atoms with Crippen LogP contribution < -0.4 is 11.1 Å². The lowest BCUT2D eigenvalue weighted by atomic mass is 9.94. The van der Waals surface area contributed by atoms with Gasteiger partial charge in [-0.15, -0.1) is 11.3 Å². The van der Waals surface area contributed by atoms with Crippen molar-refractivity contribution in [2.24, 2.45) is 17.6 Å². The molecular weight excluding hydrogens is 280 g/mol. The predicted octanol–water partition coefficient (Wildman–Crippen LogP) is 3.59. The van der Waals surface area contributed by atoms with Gasteiger partial charge in [0.15, 0.2) is 0 Å². The molecule has 3 nitrogen and oxygen atoms in total. The van der Waals surface area contributed by atoms with Crippen LogP contribution >= 0.6 is 22.9 Å². The lowest BCUT2D eigenvalue weighted by molar-refractivity contribution is -0.122. The van der Waals surface area contributed by atoms with Crippen LogP contribution in [0.15, 0.2) is 12.1 Å². The maximum absolute atomic E-state index is 12.0. The van der Waals surface area contributed by atoms with E-state index >= 15 is 0 Å². The van der Waals surface area contributed by atoms with Crippen LogP contribution in [0.2, 0.25) is 4.34 Å². The number of hydrogen-bond acceptors (Lipinski definition) is 3. The number of rotatable bonds is 7. The Morgan fingerprint density at radius 2 is 2.11 bits per heavy atom. The monoisotopic (exact) mass is 302 g/mol. The molecule has 0 saturated carbocycles. The molecule has 1 amide bonds. The van der Waals surface area contributed by atoms with Crippen LogP contribution in [0.5, 0.6) is 0 Å². The van der Waals surface area contributed by atoms with Crippen LogP contribution in [0.3, 0.4) is 0 Å². The van der Waals surface area contributed by atoms with E-state index in [2.05, 4.69) is 19.2 Å². The summed E-state index contributed by atoms with van der Waals surface area (Å²) in [7, 11) is 0. The smallest absolute Gasteiger partial charge is 0.220 e. The van der Waals surface area contributed by atoms with Crippen molar-refractivity contribution in [3.8, 4) is 0 Å². The third-order valence-corrected chi connectivity index (χ3v) is 4.42. The maximum atomic E-state index is 12.0. The zero-order chi connectivity index (χ0) is 14.4. The molecule has 1 rings (SSSR count). The maximum Gasteiger partial charge on any atom is 0.220 e. The van der Waals surface area contributed by atoms with E-state index in [0.717, 1.165) is 15.6 Å². The zero-order valence-corrected chi connectivity index (χ0v) is 13.4. The Kier molecular flexibility index (Phi) is 6.83. The van der Waals surface area contributed by atoms with E-state index in [0.29, 0.717) is 18.9 Å². The molecule has 0 aromatic carbocycles. The topological polar surface area (TPSA) is 55.1 Å². The van der Waals surface area contributed by atoms with Crippen molar-refractivity contribution in [2.75, 3.05) is 6.54 Å². The Labute approximate surface area is 124 Å². The van der Waals surface area contributed by atoms with Gasteiger partial charge in [0, 0.05) is 11.3 Å². The Morgan fingerprint density at radius 1 is 1.42 bits per heavy atom. The van der Waals surface area contributed by atoms with Gasteiger partial charge < -0.3 is 11.1 Å². The number of nitrogens with one attached hydrogen (secondary N) is 1. The molecule has 0 fully saturated rings. The fourth-order valence-electron chi connectivity index (χ4n) is 2.12. The number of hydrogen-bond donors (Lipinski definition) is 2. The van der Waals surface area contributed by atoms with Crippen LogP contribution in [-0.4, -0.2) is 12.5 Å². The molecule has 0 aliphatic carbocycles.